The van der Waals surface area contributed by atoms with Crippen molar-refractivity contribution >= 4 is 62.1 Å². The van der Waals surface area contributed by atoms with Crippen molar-refractivity contribution in [1.29, 1.82) is 0 Å². The molecular weight excluding hydrogens is 1700 g/mol. The standard InChI is InChI=1S/2C30H26ClF2N3O4.C29H26BrClF2N2O4.2CH4/c2*1-34-19-10-8-18(9-11-19)30-23(17-6-4-3-5-7-17)20(15-36-13-12-27(36)16-28(27,32)33)25(37)29(30,38)24-21(40-30)14-22(31)35-26(24)39-2;1-38-25-23-20(13-21(31)34-25)39-29(17-7-9-18(30)10-8-17)22(16-5-3-2-4-6-16)19(24(36)28(23,29)37)14-35-12-11-26(35)15-27(26,32)33;;/h2*3-11,14,20,23,25,37-38H,12-13,15-16H2,2H3;2-10,13,19,22,24,36-37H,11-12,14-15H2,1H3;2*1H4/t2*20-,23-,25-,27?,29+,30+;19-,22-,24-,26?,28+,29+;;/m111../s1. The molecule has 0 radical (unpaired) electrons. The molecule has 632 valence electrons. The number of hydrogen-bond donors (Lipinski definition) is 6. The van der Waals surface area contributed by atoms with Crippen LogP contribution in [-0.2, 0) is 33.6 Å². The van der Waals surface area contributed by atoms with Gasteiger partial charge in [-0.3, -0.25) is 14.7 Å². The van der Waals surface area contributed by atoms with Gasteiger partial charge in [0.15, 0.2) is 45.0 Å². The van der Waals surface area contributed by atoms with Gasteiger partial charge in [-0.05, 0) is 64.8 Å². The molecule has 0 amide bonds. The average molecular weight is 1780 g/mol. The van der Waals surface area contributed by atoms with Crippen LogP contribution in [0.1, 0.15) is 121 Å². The minimum Gasteiger partial charge on any atom is -0.481 e. The molecule has 6 saturated carbocycles. The van der Waals surface area contributed by atoms with E-state index in [1.54, 1.807) is 63.2 Å². The van der Waals surface area contributed by atoms with Gasteiger partial charge in [0.2, 0.25) is 17.6 Å². The SMILES string of the molecule is C.C.COc1nc(Cl)cc2c1[C@]1(O)[C@H](O)[C@H](CN3CCC34CC4(F)F)[C@@H](c3ccccc3)[C@]1(c1ccc(Br)cc1)O2.[C-]#[N+]c1ccc([C@@]23Oc4cc(Cl)nc(OC)c4[C@]2(O)[C@H](O)[C@H](CN2CCC24CC4(F)F)[C@H]3c2ccccc2)cc1.[C-]#[N+]c1ccc([C@@]23Oc4cc(Cl)nc(OC)c4[C@]2(O)[C@H](O)[C@H](CN2CCC24CC4(F)F)[C@H]3c2ccccc2)cc1. The average Bonchev–Trinajstić information content (AvgIpc) is 1.49. The number of aliphatic hydroxyl groups is 6. The van der Waals surface area contributed by atoms with E-state index in [-0.39, 0.29) is 121 Å². The van der Waals surface area contributed by atoms with Crippen molar-refractivity contribution in [1.82, 2.24) is 29.7 Å². The number of alkyl halides is 6. The highest BCUT2D eigenvalue weighted by Gasteiger charge is 2.85. The summed E-state index contributed by atoms with van der Waals surface area (Å²) >= 11 is 22.4. The van der Waals surface area contributed by atoms with Crippen LogP contribution in [-0.4, -0.2) is 174 Å². The van der Waals surface area contributed by atoms with Crippen molar-refractivity contribution in [2.45, 2.75) is 157 Å². The van der Waals surface area contributed by atoms with Crippen LogP contribution in [0.4, 0.5) is 37.7 Å². The summed E-state index contributed by atoms with van der Waals surface area (Å²) in [5.74, 6) is -11.7. The Balaban J connectivity index is 0.000000128. The fourth-order valence-corrected chi connectivity index (χ4v) is 23.3. The molecule has 12 aliphatic rings. The van der Waals surface area contributed by atoms with Crippen LogP contribution < -0.4 is 28.4 Å². The Hall–Kier alpha value is -8.88. The Bertz CT molecular complexity index is 5420. The molecule has 6 aliphatic carbocycles. The highest BCUT2D eigenvalue weighted by molar-refractivity contribution is 9.10. The third-order valence-corrected chi connectivity index (χ3v) is 29.5. The fraction of sp³-hybridized carbons (Fsp3) is 0.418. The summed E-state index contributed by atoms with van der Waals surface area (Å²) in [5, 5.41) is 75.5. The zero-order chi connectivity index (χ0) is 83.5. The van der Waals surface area contributed by atoms with Gasteiger partial charge in [0, 0.05) is 117 Å². The molecule has 30 heteroatoms. The number of halogens is 10. The van der Waals surface area contributed by atoms with E-state index in [1.807, 2.05) is 115 Å². The molecule has 9 aromatic rings. The van der Waals surface area contributed by atoms with Crippen LogP contribution in [0.3, 0.4) is 0 Å². The molecule has 3 spiro atoms. The number of likely N-dealkylation sites (tertiary alicyclic amines) is 3. The maximum absolute atomic E-state index is 14.5. The van der Waals surface area contributed by atoms with Gasteiger partial charge in [-0.15, -0.1) is 0 Å². The number of methoxy groups -OCH3 is 3. The van der Waals surface area contributed by atoms with E-state index in [9.17, 15) is 57.0 Å². The number of hydrogen-bond acceptors (Lipinski definition) is 18. The summed E-state index contributed by atoms with van der Waals surface area (Å²) < 4.78 is 125. The van der Waals surface area contributed by atoms with Crippen molar-refractivity contribution in [2.75, 3.05) is 60.6 Å². The Morgan fingerprint density at radius 2 is 0.678 bits per heavy atom. The zero-order valence-electron chi connectivity index (χ0n) is 64.0. The number of aromatic nitrogens is 3. The van der Waals surface area contributed by atoms with Gasteiger partial charge < -0.3 is 59.1 Å². The van der Waals surface area contributed by atoms with Crippen molar-refractivity contribution in [3.8, 4) is 34.9 Å². The second kappa shape index (κ2) is 29.1. The summed E-state index contributed by atoms with van der Waals surface area (Å²) in [5.41, 5.74) is -9.27. The number of pyridine rings is 3. The first-order valence-electron chi connectivity index (χ1n) is 39.1. The molecule has 0 bridgehead atoms. The fourth-order valence-electron chi connectivity index (χ4n) is 22.5. The van der Waals surface area contributed by atoms with Gasteiger partial charge in [-0.1, -0.05) is 217 Å². The van der Waals surface area contributed by atoms with Crippen LogP contribution in [0.15, 0.2) is 186 Å². The first-order valence-corrected chi connectivity index (χ1v) is 41.1. The highest BCUT2D eigenvalue weighted by Crippen LogP contribution is 2.76. The molecule has 18 atom stereocenters. The smallest absolute Gasteiger partial charge is 0.268 e. The Kier molecular flexibility index (Phi) is 20.3. The summed E-state index contributed by atoms with van der Waals surface area (Å²) in [7, 11) is 4.19. The molecule has 6 aliphatic heterocycles. The van der Waals surface area contributed by atoms with Crippen molar-refractivity contribution in [2.24, 2.45) is 17.8 Å². The molecule has 21 rings (SSSR count). The largest absolute Gasteiger partial charge is 0.481 e. The van der Waals surface area contributed by atoms with Crippen LogP contribution in [0.2, 0.25) is 15.5 Å². The maximum atomic E-state index is 14.5. The van der Waals surface area contributed by atoms with Gasteiger partial charge in [-0.2, -0.15) is 0 Å². The molecule has 3 unspecified atom stereocenters. The molecule has 121 heavy (non-hydrogen) atoms. The molecule has 9 fully saturated rings. The van der Waals surface area contributed by atoms with E-state index in [0.29, 0.717) is 67.0 Å². The normalized spacial score (nSPS) is 34.6. The number of fused-ring (bicyclic) bond motifs is 9. The first kappa shape index (κ1) is 84.3. The van der Waals surface area contributed by atoms with E-state index in [2.05, 4.69) is 40.6 Å². The lowest BCUT2D eigenvalue weighted by atomic mass is 9.70. The van der Waals surface area contributed by atoms with E-state index < -0.39 is 122 Å². The summed E-state index contributed by atoms with van der Waals surface area (Å²) in [6, 6.07) is 53.3. The van der Waals surface area contributed by atoms with Gasteiger partial charge in [-0.25, -0.2) is 51.0 Å². The van der Waals surface area contributed by atoms with Crippen LogP contribution in [0.5, 0.6) is 34.9 Å². The Labute approximate surface area is 718 Å². The maximum Gasteiger partial charge on any atom is 0.268 e. The lowest BCUT2D eigenvalue weighted by Crippen LogP contribution is -2.56. The summed E-state index contributed by atoms with van der Waals surface area (Å²) in [6.07, 6.45) is -3.72. The topological polar surface area (TPSA) is 234 Å². The van der Waals surface area contributed by atoms with Gasteiger partial charge in [0.1, 0.15) is 32.7 Å². The lowest BCUT2D eigenvalue weighted by Gasteiger charge is -2.45. The number of aliphatic hydroxyl groups excluding tert-OH is 3. The zero-order valence-corrected chi connectivity index (χ0v) is 67.8. The Morgan fingerprint density at radius 1 is 0.430 bits per heavy atom. The van der Waals surface area contributed by atoms with E-state index in [0.717, 1.165) is 21.2 Å². The lowest BCUT2D eigenvalue weighted by molar-refractivity contribution is -0.153. The molecular formula is C91H86BrCl3F6N8O12. The molecule has 9 heterocycles. The van der Waals surface area contributed by atoms with Gasteiger partial charge in [0.05, 0.1) is 86.1 Å². The number of benzene rings is 6. The molecule has 20 nitrogen and oxygen atoms in total. The van der Waals surface area contributed by atoms with Crippen molar-refractivity contribution in [3.05, 3.63) is 275 Å². The monoisotopic (exact) mass is 1780 g/mol. The van der Waals surface area contributed by atoms with Crippen molar-refractivity contribution < 1.29 is 85.4 Å². The van der Waals surface area contributed by atoms with Gasteiger partial charge >= 0.3 is 0 Å². The third kappa shape index (κ3) is 11.4. The molecule has 3 saturated heterocycles. The van der Waals surface area contributed by atoms with E-state index in [1.165, 1.54) is 39.5 Å². The second-order valence-electron chi connectivity index (χ2n) is 33.4. The number of ether oxygens (including phenoxy) is 6. The Morgan fingerprint density at radius 3 is 0.893 bits per heavy atom. The molecule has 6 N–H and O–H groups in total. The molecule has 6 aromatic carbocycles. The third-order valence-electron chi connectivity index (χ3n) is 28.4. The van der Waals surface area contributed by atoms with Gasteiger partial charge in [0.25, 0.3) is 17.8 Å². The van der Waals surface area contributed by atoms with Crippen LogP contribution >= 0.6 is 50.7 Å². The summed E-state index contributed by atoms with van der Waals surface area (Å²) in [6.45, 7) is 16.7. The van der Waals surface area contributed by atoms with E-state index in [4.69, 9.17) is 76.4 Å². The predicted octanol–water partition coefficient (Wildman–Crippen LogP) is 16.6. The predicted molar refractivity (Wildman–Crippen MR) is 441 cm³/mol. The van der Waals surface area contributed by atoms with Crippen LogP contribution in [0, 0.1) is 30.9 Å². The summed E-state index contributed by atoms with van der Waals surface area (Å²) in [4.78, 5) is 25.0. The molecule has 3 aromatic heterocycles. The van der Waals surface area contributed by atoms with Crippen molar-refractivity contribution in [3.63, 3.8) is 0 Å². The minimum absolute atomic E-state index is 0. The number of rotatable bonds is 15. The van der Waals surface area contributed by atoms with E-state index >= 15 is 0 Å². The second-order valence-corrected chi connectivity index (χ2v) is 35.5. The quantitative estimate of drug-likeness (QED) is 0.0318. The number of nitrogens with zero attached hydrogens (tertiary/aromatic N) is 8. The minimum atomic E-state index is -2.77. The van der Waals surface area contributed by atoms with Crippen LogP contribution in [0.25, 0.3) is 9.69 Å². The first-order chi connectivity index (χ1) is 56.8. The highest BCUT2D eigenvalue weighted by atomic mass is 79.9.